The van der Waals surface area contributed by atoms with Crippen molar-refractivity contribution in [3.8, 4) is 0 Å². The van der Waals surface area contributed by atoms with Crippen molar-refractivity contribution in [2.24, 2.45) is 23.7 Å². The fraction of sp³-hybridized carbons (Fsp3) is 0.765. The van der Waals surface area contributed by atoms with Crippen LogP contribution >= 0.6 is 0 Å². The van der Waals surface area contributed by atoms with E-state index in [4.69, 9.17) is 0 Å². The van der Waals surface area contributed by atoms with Gasteiger partial charge in [-0.15, -0.1) is 0 Å². The molecule has 0 aromatic heterocycles. The maximum Gasteiger partial charge on any atom is 0.426 e. The van der Waals surface area contributed by atoms with Crippen LogP contribution in [0.4, 0.5) is 39.5 Å². The van der Waals surface area contributed by atoms with E-state index in [-0.39, 0.29) is 5.92 Å². The smallest absolute Gasteiger partial charge is 0.373 e. The Labute approximate surface area is 149 Å². The molecule has 2 fully saturated rings. The Morgan fingerprint density at radius 3 is 1.96 bits per heavy atom. The molecule has 2 aliphatic rings. The van der Waals surface area contributed by atoms with Gasteiger partial charge in [0.25, 0.3) is 5.60 Å². The Kier molecular flexibility index (Phi) is 6.28. The van der Waals surface area contributed by atoms with E-state index in [0.29, 0.717) is 11.8 Å². The molecule has 0 amide bonds. The van der Waals surface area contributed by atoms with Gasteiger partial charge in [-0.25, -0.2) is 4.39 Å². The highest BCUT2D eigenvalue weighted by atomic mass is 19.4. The van der Waals surface area contributed by atoms with E-state index in [0.717, 1.165) is 31.8 Å². The number of fused-ring (bicyclic) bond motifs is 2. The Morgan fingerprint density at radius 1 is 0.963 bits per heavy atom. The van der Waals surface area contributed by atoms with Gasteiger partial charge in [0.15, 0.2) is 5.83 Å². The molecule has 2 rings (SSSR count). The molecule has 2 saturated carbocycles. The summed E-state index contributed by atoms with van der Waals surface area (Å²) in [6.07, 6.45) is -12.2. The third kappa shape index (κ3) is 4.46. The van der Waals surface area contributed by atoms with Gasteiger partial charge in [-0.3, -0.25) is 0 Å². The van der Waals surface area contributed by atoms with Gasteiger partial charge in [-0.05, 0) is 43.4 Å². The number of allylic oxidation sites excluding steroid dienone is 3. The van der Waals surface area contributed by atoms with E-state index in [9.17, 15) is 44.6 Å². The maximum absolute atomic E-state index is 13.2. The molecule has 0 saturated heterocycles. The molecule has 0 aromatic rings. The van der Waals surface area contributed by atoms with E-state index >= 15 is 0 Å². The standard InChI is InChI=1S/C17H19F9O/c18-13(14(19)20)8-12(15(27,16(21,22)23)17(24,25)26)3-1-2-10-6-9-4-5-11(10)7-9/h1-2,9-12,27H,3-8H2/b2-1+. The first kappa shape index (κ1) is 22.1. The molecular formula is C17H19F9O. The minimum Gasteiger partial charge on any atom is -0.373 e. The molecule has 27 heavy (non-hydrogen) atoms. The number of rotatable bonds is 6. The summed E-state index contributed by atoms with van der Waals surface area (Å²) < 4.78 is 116. The average Bonchev–Trinajstić information content (AvgIpc) is 3.13. The van der Waals surface area contributed by atoms with E-state index in [1.807, 2.05) is 0 Å². The molecular weight excluding hydrogens is 391 g/mol. The number of halogens is 9. The second-order valence-electron chi connectivity index (χ2n) is 7.33. The molecule has 0 heterocycles. The molecule has 0 aliphatic heterocycles. The Morgan fingerprint density at radius 2 is 1.56 bits per heavy atom. The lowest BCUT2D eigenvalue weighted by molar-refractivity contribution is -0.384. The molecule has 4 unspecified atom stereocenters. The first-order chi connectivity index (χ1) is 12.3. The molecule has 156 valence electrons. The zero-order valence-electron chi connectivity index (χ0n) is 14.1. The highest BCUT2D eigenvalue weighted by Gasteiger charge is 2.73. The van der Waals surface area contributed by atoms with E-state index in [1.54, 1.807) is 0 Å². The number of aliphatic hydroxyl groups is 1. The minimum atomic E-state index is -6.21. The predicted molar refractivity (Wildman–Crippen MR) is 78.2 cm³/mol. The van der Waals surface area contributed by atoms with Gasteiger partial charge >= 0.3 is 18.4 Å². The Bertz CT molecular complexity index is 572. The number of alkyl halides is 6. The quantitative estimate of drug-likeness (QED) is 0.402. The summed E-state index contributed by atoms with van der Waals surface area (Å²) >= 11 is 0. The zero-order valence-corrected chi connectivity index (χ0v) is 14.1. The third-order valence-corrected chi connectivity index (χ3v) is 5.68. The Hall–Kier alpha value is -1.19. The molecule has 2 aliphatic carbocycles. The van der Waals surface area contributed by atoms with E-state index in [1.165, 1.54) is 6.08 Å². The maximum atomic E-state index is 13.2. The van der Waals surface area contributed by atoms with Crippen LogP contribution in [0.25, 0.3) is 0 Å². The number of hydrogen-bond acceptors (Lipinski definition) is 1. The van der Waals surface area contributed by atoms with Crippen molar-refractivity contribution in [1.29, 1.82) is 0 Å². The molecule has 0 aromatic carbocycles. The second kappa shape index (κ2) is 7.67. The lowest BCUT2D eigenvalue weighted by Gasteiger charge is -2.38. The molecule has 1 N–H and O–H groups in total. The fourth-order valence-electron chi connectivity index (χ4n) is 4.27. The van der Waals surface area contributed by atoms with Crippen LogP contribution in [0.15, 0.2) is 24.1 Å². The summed E-state index contributed by atoms with van der Waals surface area (Å²) in [6.45, 7) is 0. The van der Waals surface area contributed by atoms with Crippen LogP contribution in [0.1, 0.15) is 38.5 Å². The first-order valence-corrected chi connectivity index (χ1v) is 8.49. The largest absolute Gasteiger partial charge is 0.426 e. The summed E-state index contributed by atoms with van der Waals surface area (Å²) in [4.78, 5) is 0. The molecule has 10 heteroatoms. The first-order valence-electron chi connectivity index (χ1n) is 8.49. The summed E-state index contributed by atoms with van der Waals surface area (Å²) in [7, 11) is 0. The number of hydrogen-bond donors (Lipinski definition) is 1. The summed E-state index contributed by atoms with van der Waals surface area (Å²) in [5, 5.41) is 9.45. The van der Waals surface area contributed by atoms with Crippen molar-refractivity contribution < 1.29 is 44.6 Å². The van der Waals surface area contributed by atoms with Gasteiger partial charge in [-0.2, -0.15) is 35.1 Å². The van der Waals surface area contributed by atoms with Gasteiger partial charge in [-0.1, -0.05) is 18.6 Å². The van der Waals surface area contributed by atoms with Gasteiger partial charge < -0.3 is 5.11 Å². The third-order valence-electron chi connectivity index (χ3n) is 5.68. The van der Waals surface area contributed by atoms with Crippen molar-refractivity contribution in [3.05, 3.63) is 24.1 Å². The molecule has 2 bridgehead atoms. The van der Waals surface area contributed by atoms with E-state index in [2.05, 4.69) is 0 Å². The highest BCUT2D eigenvalue weighted by Crippen LogP contribution is 2.52. The van der Waals surface area contributed by atoms with Crippen molar-refractivity contribution in [3.63, 3.8) is 0 Å². The molecule has 0 spiro atoms. The van der Waals surface area contributed by atoms with Crippen LogP contribution in [0, 0.1) is 23.7 Å². The van der Waals surface area contributed by atoms with Crippen molar-refractivity contribution in [2.45, 2.75) is 56.5 Å². The lowest BCUT2D eigenvalue weighted by atomic mass is 9.80. The van der Waals surface area contributed by atoms with Gasteiger partial charge in [0.05, 0.1) is 0 Å². The molecule has 0 radical (unpaired) electrons. The van der Waals surface area contributed by atoms with Gasteiger partial charge in [0.2, 0.25) is 0 Å². The van der Waals surface area contributed by atoms with Gasteiger partial charge in [0.1, 0.15) is 0 Å². The zero-order chi connectivity index (χ0) is 20.6. The SMILES string of the molecule is OC(C(C/C=C/C1CC2CCC1C2)CC(F)=C(F)F)(C(F)(F)F)C(F)(F)F. The fourth-order valence-corrected chi connectivity index (χ4v) is 4.27. The Balaban J connectivity index is 2.25. The highest BCUT2D eigenvalue weighted by molar-refractivity contribution is 5.08. The topological polar surface area (TPSA) is 20.2 Å². The van der Waals surface area contributed by atoms with Crippen LogP contribution in [0.2, 0.25) is 0 Å². The molecule has 1 nitrogen and oxygen atoms in total. The molecule has 4 atom stereocenters. The van der Waals surface area contributed by atoms with Crippen LogP contribution in [-0.4, -0.2) is 23.1 Å². The van der Waals surface area contributed by atoms with Crippen molar-refractivity contribution in [2.75, 3.05) is 0 Å². The average molecular weight is 410 g/mol. The van der Waals surface area contributed by atoms with Gasteiger partial charge in [0, 0.05) is 12.3 Å². The lowest BCUT2D eigenvalue weighted by Crippen LogP contribution is -2.61. The van der Waals surface area contributed by atoms with Crippen LogP contribution in [0.3, 0.4) is 0 Å². The van der Waals surface area contributed by atoms with Crippen LogP contribution in [-0.2, 0) is 0 Å². The van der Waals surface area contributed by atoms with Crippen LogP contribution in [0.5, 0.6) is 0 Å². The minimum absolute atomic E-state index is 0.00688. The van der Waals surface area contributed by atoms with Crippen LogP contribution < -0.4 is 0 Å². The monoisotopic (exact) mass is 410 g/mol. The van der Waals surface area contributed by atoms with Crippen molar-refractivity contribution >= 4 is 0 Å². The summed E-state index contributed by atoms with van der Waals surface area (Å²) in [5.41, 5.74) is -5.30. The van der Waals surface area contributed by atoms with Crippen molar-refractivity contribution in [1.82, 2.24) is 0 Å². The van der Waals surface area contributed by atoms with E-state index < -0.39 is 48.6 Å². The summed E-state index contributed by atoms with van der Waals surface area (Å²) in [5.74, 6) is -4.50. The second-order valence-corrected chi connectivity index (χ2v) is 7.33. The summed E-state index contributed by atoms with van der Waals surface area (Å²) in [6, 6.07) is 0. The predicted octanol–water partition coefficient (Wildman–Crippen LogP) is 6.31. The normalized spacial score (nSPS) is 27.4.